The van der Waals surface area contributed by atoms with Crippen LogP contribution in [-0.4, -0.2) is 14.4 Å². The van der Waals surface area contributed by atoms with Crippen molar-refractivity contribution < 1.29 is 13.2 Å². The molecule has 0 spiro atoms. The first-order valence-electron chi connectivity index (χ1n) is 6.17. The van der Waals surface area contributed by atoms with Crippen LogP contribution in [0.1, 0.15) is 5.56 Å². The van der Waals surface area contributed by atoms with E-state index >= 15 is 0 Å². The zero-order chi connectivity index (χ0) is 15.3. The van der Waals surface area contributed by atoms with Crippen LogP contribution < -0.4 is 15.8 Å². The topological polar surface area (TPSA) is 101 Å². The Morgan fingerprint density at radius 2 is 1.76 bits per heavy atom. The number of rotatable bonds is 4. The third-order valence-electron chi connectivity index (χ3n) is 2.72. The van der Waals surface area contributed by atoms with Crippen LogP contribution in [0.2, 0.25) is 0 Å². The molecule has 4 N–H and O–H groups in total. The summed E-state index contributed by atoms with van der Waals surface area (Å²) in [7, 11) is -3.79. The highest BCUT2D eigenvalue weighted by atomic mass is 32.2. The van der Waals surface area contributed by atoms with Crippen LogP contribution in [0.4, 0.5) is 10.5 Å². The molecular formula is C14H15N3O3S. The number of hydrogen-bond donors (Lipinski definition) is 3. The Balaban J connectivity index is 1.97. The molecule has 0 fully saturated rings. The van der Waals surface area contributed by atoms with Crippen LogP contribution in [0, 0.1) is 0 Å². The van der Waals surface area contributed by atoms with E-state index in [0.717, 1.165) is 5.56 Å². The van der Waals surface area contributed by atoms with Crippen molar-refractivity contribution in [1.82, 2.24) is 5.32 Å². The van der Waals surface area contributed by atoms with Crippen molar-refractivity contribution in [3.8, 4) is 0 Å². The van der Waals surface area contributed by atoms with E-state index < -0.39 is 16.1 Å². The fourth-order valence-electron chi connectivity index (χ4n) is 1.70. The van der Waals surface area contributed by atoms with E-state index in [0.29, 0.717) is 12.2 Å². The first-order valence-corrected chi connectivity index (χ1v) is 7.71. The van der Waals surface area contributed by atoms with E-state index in [-0.39, 0.29) is 4.90 Å². The predicted molar refractivity (Wildman–Crippen MR) is 80.1 cm³/mol. The number of benzene rings is 2. The maximum Gasteiger partial charge on any atom is 0.319 e. The van der Waals surface area contributed by atoms with Crippen molar-refractivity contribution in [2.75, 3.05) is 5.32 Å². The fraction of sp³-hybridized carbons (Fsp3) is 0.0714. The SMILES string of the molecule is NS(=O)(=O)c1cccc(NC(=O)NCc2ccccc2)c1. The molecule has 6 nitrogen and oxygen atoms in total. The summed E-state index contributed by atoms with van der Waals surface area (Å²) in [5.41, 5.74) is 1.32. The maximum atomic E-state index is 11.7. The third-order valence-corrected chi connectivity index (χ3v) is 3.63. The Labute approximate surface area is 123 Å². The highest BCUT2D eigenvalue weighted by Crippen LogP contribution is 2.13. The van der Waals surface area contributed by atoms with Crippen molar-refractivity contribution in [3.63, 3.8) is 0 Å². The van der Waals surface area contributed by atoms with Gasteiger partial charge in [0.2, 0.25) is 10.0 Å². The summed E-state index contributed by atoms with van der Waals surface area (Å²) in [5.74, 6) is 0. The molecule has 2 aromatic carbocycles. The number of nitrogens with one attached hydrogen (secondary N) is 2. The minimum absolute atomic E-state index is 0.0524. The number of nitrogens with two attached hydrogens (primary N) is 1. The summed E-state index contributed by atoms with van der Waals surface area (Å²) in [4.78, 5) is 11.7. The van der Waals surface area contributed by atoms with Crippen LogP contribution >= 0.6 is 0 Å². The minimum Gasteiger partial charge on any atom is -0.334 e. The van der Waals surface area contributed by atoms with Crippen molar-refractivity contribution >= 4 is 21.7 Å². The second kappa shape index (κ2) is 6.38. The highest BCUT2D eigenvalue weighted by Gasteiger charge is 2.09. The molecule has 21 heavy (non-hydrogen) atoms. The zero-order valence-corrected chi connectivity index (χ0v) is 11.9. The molecule has 0 saturated heterocycles. The van der Waals surface area contributed by atoms with Gasteiger partial charge in [-0.15, -0.1) is 0 Å². The Bertz CT molecular complexity index is 730. The van der Waals surface area contributed by atoms with Gasteiger partial charge in [-0.25, -0.2) is 18.4 Å². The average Bonchev–Trinajstić information content (AvgIpc) is 2.46. The molecule has 0 aliphatic heterocycles. The summed E-state index contributed by atoms with van der Waals surface area (Å²) in [6.45, 7) is 0.377. The van der Waals surface area contributed by atoms with Gasteiger partial charge in [0.15, 0.2) is 0 Å². The normalized spacial score (nSPS) is 10.9. The zero-order valence-electron chi connectivity index (χ0n) is 11.1. The molecular weight excluding hydrogens is 290 g/mol. The van der Waals surface area contributed by atoms with Crippen LogP contribution in [0.15, 0.2) is 59.5 Å². The van der Waals surface area contributed by atoms with E-state index in [2.05, 4.69) is 10.6 Å². The van der Waals surface area contributed by atoms with E-state index in [1.807, 2.05) is 30.3 Å². The van der Waals surface area contributed by atoms with Gasteiger partial charge in [-0.3, -0.25) is 0 Å². The lowest BCUT2D eigenvalue weighted by molar-refractivity contribution is 0.251. The molecule has 0 aliphatic carbocycles. The number of sulfonamides is 1. The van der Waals surface area contributed by atoms with Gasteiger partial charge in [-0.1, -0.05) is 36.4 Å². The van der Waals surface area contributed by atoms with Crippen molar-refractivity contribution in [2.45, 2.75) is 11.4 Å². The van der Waals surface area contributed by atoms with Crippen molar-refractivity contribution in [2.24, 2.45) is 5.14 Å². The van der Waals surface area contributed by atoms with E-state index in [9.17, 15) is 13.2 Å². The molecule has 0 aromatic heterocycles. The van der Waals surface area contributed by atoms with E-state index in [4.69, 9.17) is 5.14 Å². The summed E-state index contributed by atoms with van der Waals surface area (Å²) in [5, 5.41) is 10.3. The highest BCUT2D eigenvalue weighted by molar-refractivity contribution is 7.89. The number of hydrogen-bond acceptors (Lipinski definition) is 3. The van der Waals surface area contributed by atoms with Gasteiger partial charge >= 0.3 is 6.03 Å². The van der Waals surface area contributed by atoms with Gasteiger partial charge in [0, 0.05) is 12.2 Å². The summed E-state index contributed by atoms with van der Waals surface area (Å²) >= 11 is 0. The van der Waals surface area contributed by atoms with Crippen LogP contribution in [-0.2, 0) is 16.6 Å². The lowest BCUT2D eigenvalue weighted by atomic mass is 10.2. The number of carbonyl (C=O) groups excluding carboxylic acids is 1. The van der Waals surface area contributed by atoms with Crippen LogP contribution in [0.5, 0.6) is 0 Å². The minimum atomic E-state index is -3.79. The van der Waals surface area contributed by atoms with Crippen LogP contribution in [0.3, 0.4) is 0 Å². The van der Waals surface area contributed by atoms with Gasteiger partial charge in [0.1, 0.15) is 0 Å². The standard InChI is InChI=1S/C14H15N3O3S/c15-21(19,20)13-8-4-7-12(9-13)17-14(18)16-10-11-5-2-1-3-6-11/h1-9H,10H2,(H2,15,19,20)(H2,16,17,18). The van der Waals surface area contributed by atoms with Crippen molar-refractivity contribution in [3.05, 3.63) is 60.2 Å². The van der Waals surface area contributed by atoms with Gasteiger partial charge in [0.05, 0.1) is 4.90 Å². The fourth-order valence-corrected chi connectivity index (χ4v) is 2.26. The summed E-state index contributed by atoms with van der Waals surface area (Å²) < 4.78 is 22.5. The van der Waals surface area contributed by atoms with E-state index in [1.165, 1.54) is 18.2 Å². The lowest BCUT2D eigenvalue weighted by Crippen LogP contribution is -2.28. The number of amides is 2. The molecule has 0 saturated carbocycles. The summed E-state index contributed by atoms with van der Waals surface area (Å²) in [6.07, 6.45) is 0. The van der Waals surface area contributed by atoms with Gasteiger partial charge < -0.3 is 10.6 Å². The quantitative estimate of drug-likeness (QED) is 0.800. The molecule has 0 aliphatic rings. The molecule has 0 unspecified atom stereocenters. The van der Waals surface area contributed by atoms with Crippen LogP contribution in [0.25, 0.3) is 0 Å². The average molecular weight is 305 g/mol. The summed E-state index contributed by atoms with van der Waals surface area (Å²) in [6, 6.07) is 14.8. The monoisotopic (exact) mass is 305 g/mol. The molecule has 0 heterocycles. The Morgan fingerprint density at radius 3 is 2.43 bits per heavy atom. The molecule has 7 heteroatoms. The van der Waals surface area contributed by atoms with Gasteiger partial charge in [-0.05, 0) is 23.8 Å². The second-order valence-electron chi connectivity index (χ2n) is 4.37. The first-order chi connectivity index (χ1) is 9.95. The maximum absolute atomic E-state index is 11.7. The van der Waals surface area contributed by atoms with Gasteiger partial charge in [-0.2, -0.15) is 0 Å². The molecule has 0 atom stereocenters. The number of urea groups is 1. The van der Waals surface area contributed by atoms with E-state index in [1.54, 1.807) is 6.07 Å². The molecule has 0 radical (unpaired) electrons. The Kier molecular flexibility index (Phi) is 4.56. The first kappa shape index (κ1) is 15.0. The molecule has 2 aromatic rings. The number of anilines is 1. The molecule has 0 bridgehead atoms. The number of carbonyl (C=O) groups is 1. The largest absolute Gasteiger partial charge is 0.334 e. The van der Waals surface area contributed by atoms with Crippen molar-refractivity contribution in [1.29, 1.82) is 0 Å². The lowest BCUT2D eigenvalue weighted by Gasteiger charge is -2.08. The smallest absolute Gasteiger partial charge is 0.319 e. The predicted octanol–water partition coefficient (Wildman–Crippen LogP) is 1.66. The number of primary sulfonamides is 1. The molecule has 2 rings (SSSR count). The second-order valence-corrected chi connectivity index (χ2v) is 5.93. The molecule has 2 amide bonds. The Hall–Kier alpha value is -2.38. The van der Waals surface area contributed by atoms with Gasteiger partial charge in [0.25, 0.3) is 0 Å². The Morgan fingerprint density at radius 1 is 1.05 bits per heavy atom. The third kappa shape index (κ3) is 4.59. The molecule has 110 valence electrons.